The zero-order valence-corrected chi connectivity index (χ0v) is 18.0. The summed E-state index contributed by atoms with van der Waals surface area (Å²) in [6, 6.07) is 5.50. The summed E-state index contributed by atoms with van der Waals surface area (Å²) in [5, 5.41) is 11.4. The van der Waals surface area contributed by atoms with Crippen molar-refractivity contribution in [3.05, 3.63) is 18.2 Å². The van der Waals surface area contributed by atoms with Gasteiger partial charge in [-0.15, -0.1) is 10.2 Å². The molecule has 1 aromatic heterocycles. The van der Waals surface area contributed by atoms with Crippen LogP contribution in [0.3, 0.4) is 0 Å². The molecule has 8 heteroatoms. The number of amides is 1. The molecule has 1 atom stereocenters. The van der Waals surface area contributed by atoms with Crippen LogP contribution in [0.1, 0.15) is 40.0 Å². The Labute approximate surface area is 170 Å². The number of thioether (sulfide) groups is 1. The number of aromatic nitrogens is 2. The lowest BCUT2D eigenvalue weighted by Crippen LogP contribution is -2.33. The predicted octanol–water partition coefficient (Wildman–Crippen LogP) is 4.18. The van der Waals surface area contributed by atoms with Gasteiger partial charge in [0.2, 0.25) is 5.91 Å². The number of rotatable bonds is 11. The summed E-state index contributed by atoms with van der Waals surface area (Å²) in [4.78, 5) is 12.1. The van der Waals surface area contributed by atoms with Crippen molar-refractivity contribution in [2.45, 2.75) is 51.3 Å². The smallest absolute Gasteiger partial charge is 0.277 e. The zero-order valence-electron chi connectivity index (χ0n) is 17.2. The number of methoxy groups -OCH3 is 2. The summed E-state index contributed by atoms with van der Waals surface area (Å²) in [5.74, 6) is 2.47. The summed E-state index contributed by atoms with van der Waals surface area (Å²) >= 11 is 1.22. The molecular weight excluding hydrogens is 378 g/mol. The van der Waals surface area contributed by atoms with Crippen LogP contribution in [-0.4, -0.2) is 42.1 Å². The van der Waals surface area contributed by atoms with Crippen LogP contribution in [-0.2, 0) is 4.79 Å². The molecule has 0 fully saturated rings. The summed E-state index contributed by atoms with van der Waals surface area (Å²) in [6.45, 7) is 6.45. The van der Waals surface area contributed by atoms with Crippen molar-refractivity contribution in [1.29, 1.82) is 0 Å². The quantitative estimate of drug-likeness (QED) is 0.559. The largest absolute Gasteiger partial charge is 0.497 e. The topological polar surface area (TPSA) is 86.5 Å². The van der Waals surface area contributed by atoms with Crippen LogP contribution in [0.15, 0.2) is 27.8 Å². The molecule has 0 spiro atoms. The minimum atomic E-state index is -0.0381. The Hall–Kier alpha value is -2.22. The Kier molecular flexibility index (Phi) is 8.63. The van der Waals surface area contributed by atoms with Gasteiger partial charge in [-0.2, -0.15) is 0 Å². The second kappa shape index (κ2) is 10.9. The van der Waals surface area contributed by atoms with Crippen molar-refractivity contribution < 1.29 is 18.7 Å². The van der Waals surface area contributed by atoms with Crippen LogP contribution in [0.4, 0.5) is 0 Å². The Balaban J connectivity index is 1.87. The van der Waals surface area contributed by atoms with E-state index < -0.39 is 0 Å². The molecule has 0 bridgehead atoms. The second-order valence-corrected chi connectivity index (χ2v) is 7.95. The van der Waals surface area contributed by atoms with E-state index in [2.05, 4.69) is 29.4 Å². The first-order valence-corrected chi connectivity index (χ1v) is 10.4. The normalized spacial score (nSPS) is 12.1. The molecule has 1 heterocycles. The van der Waals surface area contributed by atoms with Crippen molar-refractivity contribution in [3.8, 4) is 23.0 Å². The van der Waals surface area contributed by atoms with Gasteiger partial charge in [-0.3, -0.25) is 4.79 Å². The Morgan fingerprint density at radius 3 is 2.64 bits per heavy atom. The lowest BCUT2D eigenvalue weighted by molar-refractivity contribution is -0.119. The monoisotopic (exact) mass is 407 g/mol. The van der Waals surface area contributed by atoms with Crippen molar-refractivity contribution >= 4 is 17.7 Å². The summed E-state index contributed by atoms with van der Waals surface area (Å²) in [7, 11) is 3.16. The lowest BCUT2D eigenvalue weighted by atomic mass is 10.0. The van der Waals surface area contributed by atoms with Gasteiger partial charge in [-0.25, -0.2) is 0 Å². The number of benzene rings is 1. The molecule has 0 saturated heterocycles. The van der Waals surface area contributed by atoms with E-state index in [-0.39, 0.29) is 17.7 Å². The summed E-state index contributed by atoms with van der Waals surface area (Å²) in [6.07, 6.45) is 3.27. The van der Waals surface area contributed by atoms with E-state index in [4.69, 9.17) is 13.9 Å². The molecule has 0 aliphatic carbocycles. The molecule has 0 saturated carbocycles. The molecule has 2 rings (SSSR count). The maximum Gasteiger partial charge on any atom is 0.277 e. The number of hydrogen-bond donors (Lipinski definition) is 1. The fraction of sp³-hybridized carbons (Fsp3) is 0.550. The predicted molar refractivity (Wildman–Crippen MR) is 110 cm³/mol. The van der Waals surface area contributed by atoms with E-state index in [0.717, 1.165) is 12.8 Å². The van der Waals surface area contributed by atoms with Crippen LogP contribution in [0, 0.1) is 5.92 Å². The molecule has 1 amide bonds. The molecule has 7 nitrogen and oxygen atoms in total. The molecule has 28 heavy (non-hydrogen) atoms. The van der Waals surface area contributed by atoms with Crippen molar-refractivity contribution in [2.24, 2.45) is 5.92 Å². The van der Waals surface area contributed by atoms with E-state index >= 15 is 0 Å². The number of carbonyl (C=O) groups is 1. The average molecular weight is 408 g/mol. The van der Waals surface area contributed by atoms with E-state index in [9.17, 15) is 4.79 Å². The number of carbonyl (C=O) groups excluding carboxylic acids is 1. The van der Waals surface area contributed by atoms with E-state index in [1.54, 1.807) is 32.4 Å². The van der Waals surface area contributed by atoms with E-state index in [1.165, 1.54) is 18.2 Å². The number of nitrogens with one attached hydrogen (secondary N) is 1. The van der Waals surface area contributed by atoms with Gasteiger partial charge >= 0.3 is 0 Å². The maximum atomic E-state index is 12.1. The van der Waals surface area contributed by atoms with Crippen LogP contribution in [0.2, 0.25) is 0 Å². The second-order valence-electron chi connectivity index (χ2n) is 7.02. The maximum absolute atomic E-state index is 12.1. The summed E-state index contributed by atoms with van der Waals surface area (Å²) < 4.78 is 16.2. The van der Waals surface area contributed by atoms with Gasteiger partial charge in [-0.1, -0.05) is 38.5 Å². The van der Waals surface area contributed by atoms with Gasteiger partial charge in [0.05, 0.1) is 25.5 Å². The standard InChI is InChI=1S/C20H29N3O4S/c1-13(2)7-6-8-14(3)21-18(24)12-28-20-23-22-19(27-20)16-10-9-15(25-4)11-17(16)26-5/h9-11,13-14H,6-8,12H2,1-5H3,(H,21,24)/t14-/m1/s1. The Morgan fingerprint density at radius 2 is 1.96 bits per heavy atom. The molecular formula is C20H29N3O4S. The van der Waals surface area contributed by atoms with Gasteiger partial charge in [-0.05, 0) is 31.4 Å². The number of hydrogen-bond acceptors (Lipinski definition) is 7. The van der Waals surface area contributed by atoms with Gasteiger partial charge < -0.3 is 19.2 Å². The zero-order chi connectivity index (χ0) is 20.5. The van der Waals surface area contributed by atoms with Crippen LogP contribution in [0.25, 0.3) is 11.5 Å². The van der Waals surface area contributed by atoms with Crippen molar-refractivity contribution in [2.75, 3.05) is 20.0 Å². The highest BCUT2D eigenvalue weighted by molar-refractivity contribution is 7.99. The Morgan fingerprint density at radius 1 is 1.18 bits per heavy atom. The molecule has 1 N–H and O–H groups in total. The third-order valence-electron chi connectivity index (χ3n) is 4.20. The molecule has 2 aromatic rings. The van der Waals surface area contributed by atoms with Crippen molar-refractivity contribution in [1.82, 2.24) is 15.5 Å². The third-order valence-corrected chi connectivity index (χ3v) is 5.02. The fourth-order valence-corrected chi connectivity index (χ4v) is 3.27. The minimum absolute atomic E-state index is 0.0381. The Bertz CT molecular complexity index is 764. The molecule has 0 aliphatic heterocycles. The highest BCUT2D eigenvalue weighted by atomic mass is 32.2. The molecule has 154 valence electrons. The van der Waals surface area contributed by atoms with E-state index in [0.29, 0.717) is 34.1 Å². The fourth-order valence-electron chi connectivity index (χ4n) is 2.70. The average Bonchev–Trinajstić information content (AvgIpc) is 3.14. The highest BCUT2D eigenvalue weighted by Gasteiger charge is 2.16. The molecule has 0 aliphatic rings. The lowest BCUT2D eigenvalue weighted by Gasteiger charge is -2.14. The van der Waals surface area contributed by atoms with Crippen LogP contribution >= 0.6 is 11.8 Å². The first-order chi connectivity index (χ1) is 13.4. The van der Waals surface area contributed by atoms with Crippen LogP contribution in [0.5, 0.6) is 11.5 Å². The van der Waals surface area contributed by atoms with Gasteiger partial charge in [0.25, 0.3) is 11.1 Å². The van der Waals surface area contributed by atoms with Crippen LogP contribution < -0.4 is 14.8 Å². The third kappa shape index (κ3) is 6.74. The first-order valence-electron chi connectivity index (χ1n) is 9.41. The van der Waals surface area contributed by atoms with Crippen molar-refractivity contribution in [3.63, 3.8) is 0 Å². The minimum Gasteiger partial charge on any atom is -0.497 e. The molecule has 0 radical (unpaired) electrons. The number of nitrogens with zero attached hydrogens (tertiary/aromatic N) is 2. The summed E-state index contributed by atoms with van der Waals surface area (Å²) in [5.41, 5.74) is 0.672. The van der Waals surface area contributed by atoms with Gasteiger partial charge in [0.1, 0.15) is 11.5 Å². The SMILES string of the molecule is COc1ccc(-c2nnc(SCC(=O)N[C@H](C)CCCC(C)C)o2)c(OC)c1. The highest BCUT2D eigenvalue weighted by Crippen LogP contribution is 2.33. The van der Waals surface area contributed by atoms with E-state index in [1.807, 2.05) is 6.92 Å². The molecule has 1 aromatic carbocycles. The molecule has 0 unspecified atom stereocenters. The van der Waals surface area contributed by atoms with Gasteiger partial charge in [0.15, 0.2) is 0 Å². The first kappa shape index (κ1) is 22.1. The van der Waals surface area contributed by atoms with Gasteiger partial charge in [0, 0.05) is 12.1 Å². The number of ether oxygens (including phenoxy) is 2.